The van der Waals surface area contributed by atoms with Crippen molar-refractivity contribution < 1.29 is 0 Å². The van der Waals surface area contributed by atoms with Gasteiger partial charge in [-0.05, 0) is 49.8 Å². The lowest BCUT2D eigenvalue weighted by Crippen LogP contribution is -2.21. The lowest BCUT2D eigenvalue weighted by molar-refractivity contribution is 0.866. The monoisotopic (exact) mass is 344 g/mol. The highest BCUT2D eigenvalue weighted by molar-refractivity contribution is 7.19. The molecule has 3 rings (SSSR count). The smallest absolute Gasteiger partial charge is 0.117 e. The van der Waals surface area contributed by atoms with Gasteiger partial charge in [0.25, 0.3) is 0 Å². The Morgan fingerprint density at radius 3 is 2.30 bits per heavy atom. The van der Waals surface area contributed by atoms with E-state index in [1.54, 1.807) is 11.3 Å². The maximum Gasteiger partial charge on any atom is 0.117 e. The van der Waals surface area contributed by atoms with Crippen LogP contribution in [0.4, 0.5) is 5.69 Å². The number of aromatic nitrogens is 1. The highest BCUT2D eigenvalue weighted by atomic mass is 35.5. The van der Waals surface area contributed by atoms with Crippen LogP contribution in [-0.4, -0.2) is 18.1 Å². The number of benzene rings is 2. The third-order valence-electron chi connectivity index (χ3n) is 3.75. The molecule has 0 spiro atoms. The van der Waals surface area contributed by atoms with Crippen LogP contribution in [0, 0.1) is 0 Å². The van der Waals surface area contributed by atoms with Crippen molar-refractivity contribution in [1.29, 1.82) is 0 Å². The number of anilines is 1. The van der Waals surface area contributed by atoms with E-state index in [0.29, 0.717) is 0 Å². The molecule has 0 saturated carbocycles. The molecule has 120 valence electrons. The minimum atomic E-state index is 0. The van der Waals surface area contributed by atoms with Gasteiger partial charge in [-0.1, -0.05) is 30.3 Å². The molecular weight excluding hydrogens is 324 g/mol. The minimum Gasteiger partial charge on any atom is -0.372 e. The second-order valence-corrected chi connectivity index (χ2v) is 6.18. The van der Waals surface area contributed by atoms with Gasteiger partial charge < -0.3 is 4.90 Å². The number of para-hydroxylation sites is 1. The molecule has 0 unspecified atom stereocenters. The fourth-order valence-electron chi connectivity index (χ4n) is 2.51. The third kappa shape index (κ3) is 4.12. The summed E-state index contributed by atoms with van der Waals surface area (Å²) in [5, 5.41) is 1.05. The summed E-state index contributed by atoms with van der Waals surface area (Å²) < 4.78 is 1.24. The van der Waals surface area contributed by atoms with E-state index in [1.165, 1.54) is 16.0 Å². The summed E-state index contributed by atoms with van der Waals surface area (Å²) in [6.07, 6.45) is 4.22. The maximum absolute atomic E-state index is 4.62. The highest BCUT2D eigenvalue weighted by Crippen LogP contribution is 2.23. The molecule has 0 fully saturated rings. The van der Waals surface area contributed by atoms with Crippen molar-refractivity contribution in [2.45, 2.75) is 13.8 Å². The molecule has 0 atom stereocenters. The average Bonchev–Trinajstić information content (AvgIpc) is 2.98. The average molecular weight is 345 g/mol. The second kappa shape index (κ2) is 8.14. The van der Waals surface area contributed by atoms with Gasteiger partial charge in [0.2, 0.25) is 0 Å². The number of rotatable bonds is 5. The van der Waals surface area contributed by atoms with Gasteiger partial charge >= 0.3 is 0 Å². The first kappa shape index (κ1) is 17.5. The quantitative estimate of drug-likeness (QED) is 0.587. The molecular formula is C19H21ClN2S. The van der Waals surface area contributed by atoms with Crippen molar-refractivity contribution in [2.75, 3.05) is 18.0 Å². The van der Waals surface area contributed by atoms with Gasteiger partial charge in [0.15, 0.2) is 0 Å². The van der Waals surface area contributed by atoms with Gasteiger partial charge in [0.05, 0.1) is 10.2 Å². The van der Waals surface area contributed by atoms with Gasteiger partial charge in [0, 0.05) is 18.8 Å². The number of fused-ring (bicyclic) bond motifs is 1. The van der Waals surface area contributed by atoms with Gasteiger partial charge in [-0.2, -0.15) is 0 Å². The van der Waals surface area contributed by atoms with Crippen molar-refractivity contribution >= 4 is 51.8 Å². The number of hydrogen-bond acceptors (Lipinski definition) is 3. The van der Waals surface area contributed by atoms with Crippen LogP contribution in [0.25, 0.3) is 22.4 Å². The van der Waals surface area contributed by atoms with E-state index in [0.717, 1.165) is 23.6 Å². The molecule has 4 heteroatoms. The van der Waals surface area contributed by atoms with E-state index in [-0.39, 0.29) is 12.4 Å². The summed E-state index contributed by atoms with van der Waals surface area (Å²) in [4.78, 5) is 6.97. The summed E-state index contributed by atoms with van der Waals surface area (Å²) in [6, 6.07) is 17.0. The van der Waals surface area contributed by atoms with Crippen LogP contribution in [-0.2, 0) is 0 Å². The van der Waals surface area contributed by atoms with E-state index in [9.17, 15) is 0 Å². The normalized spacial score (nSPS) is 10.9. The molecule has 1 heterocycles. The zero-order valence-electron chi connectivity index (χ0n) is 13.4. The molecule has 0 N–H and O–H groups in total. The summed E-state index contributed by atoms with van der Waals surface area (Å²) >= 11 is 1.73. The Morgan fingerprint density at radius 1 is 0.957 bits per heavy atom. The Balaban J connectivity index is 0.00000192. The highest BCUT2D eigenvalue weighted by Gasteiger charge is 2.01. The van der Waals surface area contributed by atoms with Crippen LogP contribution >= 0.6 is 23.7 Å². The van der Waals surface area contributed by atoms with Crippen molar-refractivity contribution in [3.63, 3.8) is 0 Å². The van der Waals surface area contributed by atoms with E-state index < -0.39 is 0 Å². The number of halogens is 1. The van der Waals surface area contributed by atoms with Crippen molar-refractivity contribution in [2.24, 2.45) is 0 Å². The van der Waals surface area contributed by atoms with Crippen molar-refractivity contribution in [3.05, 3.63) is 59.1 Å². The maximum atomic E-state index is 4.62. The number of nitrogens with zero attached hydrogens (tertiary/aromatic N) is 2. The molecule has 0 radical (unpaired) electrons. The summed E-state index contributed by atoms with van der Waals surface area (Å²) in [5.41, 5.74) is 3.56. The molecule has 0 aliphatic rings. The largest absolute Gasteiger partial charge is 0.372 e. The molecule has 0 saturated heterocycles. The first-order valence-corrected chi connectivity index (χ1v) is 8.50. The first-order chi connectivity index (χ1) is 10.8. The topological polar surface area (TPSA) is 16.1 Å². The van der Waals surface area contributed by atoms with E-state index in [2.05, 4.69) is 78.3 Å². The van der Waals surface area contributed by atoms with Gasteiger partial charge in [-0.25, -0.2) is 4.98 Å². The zero-order chi connectivity index (χ0) is 15.4. The molecule has 2 nitrogen and oxygen atoms in total. The molecule has 23 heavy (non-hydrogen) atoms. The standard InChI is InChI=1S/C19H20N2S.ClH/c1-3-21(4-2)16-12-9-15(10-13-16)11-14-19-20-17-7-5-6-8-18(17)22-19;/h5-14H,3-4H2,1-2H3;1H. The first-order valence-electron chi connectivity index (χ1n) is 7.69. The van der Waals surface area contributed by atoms with Crippen LogP contribution in [0.15, 0.2) is 48.5 Å². The second-order valence-electron chi connectivity index (χ2n) is 5.12. The lowest BCUT2D eigenvalue weighted by atomic mass is 10.2. The van der Waals surface area contributed by atoms with Crippen LogP contribution in [0.2, 0.25) is 0 Å². The minimum absolute atomic E-state index is 0. The Morgan fingerprint density at radius 2 is 1.65 bits per heavy atom. The van der Waals surface area contributed by atoms with Gasteiger partial charge in [0.1, 0.15) is 5.01 Å². The molecule has 0 bridgehead atoms. The SMILES string of the molecule is CCN(CC)c1ccc(C=Cc2nc3ccccc3s2)cc1.Cl. The zero-order valence-corrected chi connectivity index (χ0v) is 15.0. The Labute approximate surface area is 147 Å². The number of hydrogen-bond donors (Lipinski definition) is 0. The van der Waals surface area contributed by atoms with E-state index in [4.69, 9.17) is 0 Å². The lowest BCUT2D eigenvalue weighted by Gasteiger charge is -2.20. The predicted octanol–water partition coefficient (Wildman–Crippen LogP) is 5.73. The summed E-state index contributed by atoms with van der Waals surface area (Å²) in [6.45, 7) is 6.45. The van der Waals surface area contributed by atoms with Crippen LogP contribution in [0.3, 0.4) is 0 Å². The van der Waals surface area contributed by atoms with E-state index >= 15 is 0 Å². The molecule has 0 amide bonds. The van der Waals surface area contributed by atoms with Crippen LogP contribution in [0.5, 0.6) is 0 Å². The van der Waals surface area contributed by atoms with Gasteiger partial charge in [-0.15, -0.1) is 23.7 Å². The molecule has 1 aromatic heterocycles. The number of thiazole rings is 1. The fourth-order valence-corrected chi connectivity index (χ4v) is 3.38. The summed E-state index contributed by atoms with van der Waals surface area (Å²) in [5.74, 6) is 0. The molecule has 2 aromatic carbocycles. The fraction of sp³-hybridized carbons (Fsp3) is 0.211. The van der Waals surface area contributed by atoms with Gasteiger partial charge in [-0.3, -0.25) is 0 Å². The Hall–Kier alpha value is -1.84. The summed E-state index contributed by atoms with van der Waals surface area (Å²) in [7, 11) is 0. The predicted molar refractivity (Wildman–Crippen MR) is 106 cm³/mol. The van der Waals surface area contributed by atoms with Crippen molar-refractivity contribution in [3.8, 4) is 0 Å². The van der Waals surface area contributed by atoms with Crippen LogP contribution in [0.1, 0.15) is 24.4 Å². The Kier molecular flexibility index (Phi) is 6.20. The Bertz CT molecular complexity index is 740. The molecule has 0 aliphatic heterocycles. The van der Waals surface area contributed by atoms with Crippen molar-refractivity contribution in [1.82, 2.24) is 4.98 Å². The molecule has 0 aliphatic carbocycles. The van der Waals surface area contributed by atoms with Crippen LogP contribution < -0.4 is 4.90 Å². The third-order valence-corrected chi connectivity index (χ3v) is 4.75. The van der Waals surface area contributed by atoms with E-state index in [1.807, 2.05) is 6.07 Å². The molecule has 3 aromatic rings.